The van der Waals surface area contributed by atoms with Gasteiger partial charge in [0.05, 0.1) is 24.1 Å². The minimum absolute atomic E-state index is 0.0307. The van der Waals surface area contributed by atoms with Crippen LogP contribution < -0.4 is 4.90 Å². The topological polar surface area (TPSA) is 109 Å². The second-order valence-corrected chi connectivity index (χ2v) is 10.3. The highest BCUT2D eigenvalue weighted by Gasteiger charge is 2.48. The molecule has 204 valence electrons. The van der Waals surface area contributed by atoms with E-state index in [2.05, 4.69) is 27.1 Å². The van der Waals surface area contributed by atoms with Crippen LogP contribution in [0.25, 0.3) is 10.4 Å². The van der Waals surface area contributed by atoms with Gasteiger partial charge < -0.3 is 14.2 Å². The first-order valence-electron chi connectivity index (χ1n) is 12.7. The Kier molecular flexibility index (Phi) is 7.09. The van der Waals surface area contributed by atoms with Crippen molar-refractivity contribution in [1.29, 1.82) is 0 Å². The molecule has 0 saturated heterocycles. The lowest BCUT2D eigenvalue weighted by Crippen LogP contribution is -2.43. The van der Waals surface area contributed by atoms with E-state index in [0.29, 0.717) is 18.0 Å². The Morgan fingerprint density at radius 1 is 1.26 bits per heavy atom. The maximum Gasteiger partial charge on any atom is 0.416 e. The predicted octanol–water partition coefficient (Wildman–Crippen LogP) is 5.93. The molecule has 1 aliphatic heterocycles. The van der Waals surface area contributed by atoms with E-state index in [0.717, 1.165) is 30.3 Å². The van der Waals surface area contributed by atoms with Gasteiger partial charge in [-0.05, 0) is 71.7 Å². The molecule has 3 aromatic rings. The summed E-state index contributed by atoms with van der Waals surface area (Å²) < 4.78 is 49.6. The fourth-order valence-corrected chi connectivity index (χ4v) is 5.85. The predicted molar refractivity (Wildman–Crippen MR) is 137 cm³/mol. The van der Waals surface area contributed by atoms with Crippen LogP contribution in [-0.2, 0) is 36.5 Å². The third-order valence-corrected chi connectivity index (χ3v) is 7.53. The van der Waals surface area contributed by atoms with Gasteiger partial charge in [0, 0.05) is 36.4 Å². The molecule has 1 aliphatic carbocycles. The van der Waals surface area contributed by atoms with Crippen molar-refractivity contribution in [1.82, 2.24) is 14.8 Å². The summed E-state index contributed by atoms with van der Waals surface area (Å²) in [6, 6.07) is 10.0. The van der Waals surface area contributed by atoms with Gasteiger partial charge in [0.25, 0.3) is 5.91 Å². The number of hydrogen-bond donors (Lipinski definition) is 0. The highest BCUT2D eigenvalue weighted by Crippen LogP contribution is 2.52. The maximum absolute atomic E-state index is 14.1. The summed E-state index contributed by atoms with van der Waals surface area (Å²) in [7, 11) is 1.89. The van der Waals surface area contributed by atoms with Crippen LogP contribution in [0.2, 0.25) is 0 Å². The summed E-state index contributed by atoms with van der Waals surface area (Å²) >= 11 is 0. The van der Waals surface area contributed by atoms with Crippen molar-refractivity contribution in [3.63, 3.8) is 0 Å². The number of amides is 1. The van der Waals surface area contributed by atoms with Crippen molar-refractivity contribution < 1.29 is 22.7 Å². The smallest absolute Gasteiger partial charge is 0.377 e. The molecule has 9 nitrogen and oxygen atoms in total. The lowest BCUT2D eigenvalue weighted by Gasteiger charge is -2.46. The van der Waals surface area contributed by atoms with Gasteiger partial charge in [0.15, 0.2) is 0 Å². The first-order valence-corrected chi connectivity index (χ1v) is 12.7. The number of halogens is 3. The van der Waals surface area contributed by atoms with Gasteiger partial charge in [-0.3, -0.25) is 4.79 Å². The minimum Gasteiger partial charge on any atom is -0.377 e. The molecular formula is C27H28F3N7O2. The number of ether oxygens (including phenoxy) is 1. The number of azide groups is 1. The van der Waals surface area contributed by atoms with E-state index in [-0.39, 0.29) is 48.4 Å². The van der Waals surface area contributed by atoms with Crippen LogP contribution in [0, 0.1) is 5.92 Å². The molecule has 0 bridgehead atoms. The summed E-state index contributed by atoms with van der Waals surface area (Å²) in [4.78, 5) is 17.6. The highest BCUT2D eigenvalue weighted by atomic mass is 19.4. The van der Waals surface area contributed by atoms with E-state index in [9.17, 15) is 18.0 Å². The molecule has 1 saturated carbocycles. The lowest BCUT2D eigenvalue weighted by atomic mass is 9.58. The highest BCUT2D eigenvalue weighted by molar-refractivity contribution is 6.10. The van der Waals surface area contributed by atoms with Crippen molar-refractivity contribution in [2.75, 3.05) is 18.1 Å². The van der Waals surface area contributed by atoms with Crippen LogP contribution in [0.5, 0.6) is 0 Å². The van der Waals surface area contributed by atoms with Crippen LogP contribution in [0.3, 0.4) is 0 Å². The Bertz CT molecular complexity index is 1440. The summed E-state index contributed by atoms with van der Waals surface area (Å²) in [5.41, 5.74) is 8.89. The Hall–Kier alpha value is -3.89. The molecular weight excluding hydrogens is 511 g/mol. The van der Waals surface area contributed by atoms with Crippen molar-refractivity contribution in [3.05, 3.63) is 86.8 Å². The number of carbonyl (C=O) groups excluding carboxylic acids is 1. The molecule has 2 heterocycles. The molecule has 0 unspecified atom stereocenters. The molecule has 1 amide bonds. The average Bonchev–Trinajstić information content (AvgIpc) is 3.46. The maximum atomic E-state index is 14.1. The van der Waals surface area contributed by atoms with E-state index in [4.69, 9.17) is 10.3 Å². The summed E-state index contributed by atoms with van der Waals surface area (Å²) in [5.74, 6) is 0.835. The van der Waals surface area contributed by atoms with Gasteiger partial charge in [0.1, 0.15) is 12.2 Å². The van der Waals surface area contributed by atoms with Gasteiger partial charge in [-0.2, -0.15) is 13.2 Å². The number of aryl methyl sites for hydroxylation is 1. The van der Waals surface area contributed by atoms with E-state index in [1.807, 2.05) is 29.8 Å². The first-order chi connectivity index (χ1) is 18.6. The van der Waals surface area contributed by atoms with E-state index in [1.54, 1.807) is 12.4 Å². The van der Waals surface area contributed by atoms with Crippen molar-refractivity contribution in [3.8, 4) is 0 Å². The third kappa shape index (κ3) is 4.97. The molecule has 0 radical (unpaired) electrons. The fraction of sp³-hybridized carbons (Fsp3) is 0.444. The fourth-order valence-electron chi connectivity index (χ4n) is 5.85. The first kappa shape index (κ1) is 26.7. The van der Waals surface area contributed by atoms with Crippen LogP contribution in [0.1, 0.15) is 64.6 Å². The third-order valence-electron chi connectivity index (χ3n) is 7.53. The second kappa shape index (κ2) is 10.3. The molecule has 0 atom stereocenters. The summed E-state index contributed by atoms with van der Waals surface area (Å²) in [5, 5.41) is 11.8. The monoisotopic (exact) mass is 539 g/mol. The standard InChI is InChI=1S/C27H28F3N7O2/c1-17-12-26(13-17,25-34-33-16-36(25)2)19-5-3-6-20(11-19)37-14-22-21(24(37)38)9-18(10-23(22)27(28,29)30)15-39-8-4-7-32-35-31/h3,5-6,9-11,16-17H,4,7-8,12-15H2,1-2H3. The number of benzene rings is 2. The number of aromatic nitrogens is 3. The minimum atomic E-state index is -4.63. The number of nitrogens with zero attached hydrogens (tertiary/aromatic N) is 7. The second-order valence-electron chi connectivity index (χ2n) is 10.3. The van der Waals surface area contributed by atoms with Crippen molar-refractivity contribution in [2.24, 2.45) is 18.1 Å². The average molecular weight is 540 g/mol. The molecule has 2 aromatic carbocycles. The number of fused-ring (bicyclic) bond motifs is 1. The quantitative estimate of drug-likeness (QED) is 0.145. The van der Waals surface area contributed by atoms with Gasteiger partial charge >= 0.3 is 6.18 Å². The number of hydrogen-bond acceptors (Lipinski definition) is 5. The molecule has 0 N–H and O–H groups in total. The van der Waals surface area contributed by atoms with Gasteiger partial charge in [-0.25, -0.2) is 0 Å². The van der Waals surface area contributed by atoms with Crippen LogP contribution >= 0.6 is 0 Å². The van der Waals surface area contributed by atoms with Gasteiger partial charge in [-0.15, -0.1) is 10.2 Å². The largest absolute Gasteiger partial charge is 0.416 e. The van der Waals surface area contributed by atoms with Crippen molar-refractivity contribution >= 4 is 11.6 Å². The zero-order valence-electron chi connectivity index (χ0n) is 21.6. The Balaban J connectivity index is 1.44. The Labute approximate surface area is 223 Å². The van der Waals surface area contributed by atoms with Gasteiger partial charge in [0.2, 0.25) is 0 Å². The Morgan fingerprint density at radius 3 is 2.72 bits per heavy atom. The zero-order chi connectivity index (χ0) is 27.8. The molecule has 5 rings (SSSR count). The molecule has 0 spiro atoms. The van der Waals surface area contributed by atoms with E-state index < -0.39 is 17.6 Å². The SMILES string of the molecule is CC1CC(c2cccc(N3Cc4c(cc(COCCCN=[N+]=[N-])cc4C(F)(F)F)C3=O)c2)(c2nncn2C)C1. The van der Waals surface area contributed by atoms with E-state index in [1.165, 1.54) is 11.0 Å². The summed E-state index contributed by atoms with van der Waals surface area (Å²) in [6.07, 6.45) is -0.802. The molecule has 1 fully saturated rings. The normalized spacial score (nSPS) is 20.5. The Morgan fingerprint density at radius 2 is 2.05 bits per heavy atom. The van der Waals surface area contributed by atoms with Crippen molar-refractivity contribution in [2.45, 2.75) is 50.9 Å². The molecule has 39 heavy (non-hydrogen) atoms. The number of carbonyl (C=O) groups is 1. The van der Waals surface area contributed by atoms with E-state index >= 15 is 0 Å². The number of rotatable bonds is 9. The number of alkyl halides is 3. The molecule has 2 aliphatic rings. The zero-order valence-corrected chi connectivity index (χ0v) is 21.6. The van der Waals surface area contributed by atoms with Crippen LogP contribution in [-0.4, -0.2) is 33.8 Å². The molecule has 1 aromatic heterocycles. The number of anilines is 1. The molecule has 12 heteroatoms. The summed E-state index contributed by atoms with van der Waals surface area (Å²) in [6.45, 7) is 2.36. The lowest BCUT2D eigenvalue weighted by molar-refractivity contribution is -0.138. The van der Waals surface area contributed by atoms with Crippen LogP contribution in [0.4, 0.5) is 18.9 Å². The van der Waals surface area contributed by atoms with Crippen LogP contribution in [0.15, 0.2) is 47.8 Å². The van der Waals surface area contributed by atoms with Gasteiger partial charge in [-0.1, -0.05) is 24.2 Å².